The van der Waals surface area contributed by atoms with E-state index in [9.17, 15) is 4.79 Å². The van der Waals surface area contributed by atoms with Gasteiger partial charge in [-0.3, -0.25) is 9.69 Å². The number of aliphatic hydroxyl groups is 1. The Bertz CT molecular complexity index is 385. The summed E-state index contributed by atoms with van der Waals surface area (Å²) in [5.41, 5.74) is 0.673. The van der Waals surface area contributed by atoms with Crippen LogP contribution in [-0.4, -0.2) is 42.2 Å². The van der Waals surface area contributed by atoms with Crippen LogP contribution in [0.3, 0.4) is 0 Å². The SMILES string of the molecule is CC(C(=O)Nc1cccc(Cl)c1)N(C)CCO. The molecule has 94 valence electrons. The van der Waals surface area contributed by atoms with Crippen molar-refractivity contribution in [1.82, 2.24) is 4.90 Å². The van der Waals surface area contributed by atoms with Crippen molar-refractivity contribution >= 4 is 23.2 Å². The number of nitrogens with one attached hydrogen (secondary N) is 1. The maximum Gasteiger partial charge on any atom is 0.241 e. The van der Waals surface area contributed by atoms with Crippen LogP contribution in [0.25, 0.3) is 0 Å². The van der Waals surface area contributed by atoms with E-state index in [4.69, 9.17) is 16.7 Å². The molecule has 0 fully saturated rings. The molecule has 0 saturated heterocycles. The van der Waals surface area contributed by atoms with Crippen LogP contribution < -0.4 is 5.32 Å². The molecule has 1 atom stereocenters. The first-order valence-corrected chi connectivity index (χ1v) is 5.80. The smallest absolute Gasteiger partial charge is 0.241 e. The van der Waals surface area contributed by atoms with Crippen LogP contribution in [0, 0.1) is 0 Å². The quantitative estimate of drug-likeness (QED) is 0.841. The number of anilines is 1. The van der Waals surface area contributed by atoms with Crippen LogP contribution in [0.4, 0.5) is 5.69 Å². The predicted octanol–water partition coefficient (Wildman–Crippen LogP) is 1.59. The van der Waals surface area contributed by atoms with Gasteiger partial charge in [-0.25, -0.2) is 0 Å². The van der Waals surface area contributed by atoms with Gasteiger partial charge in [-0.05, 0) is 32.2 Å². The molecule has 0 bridgehead atoms. The zero-order valence-electron chi connectivity index (χ0n) is 9.98. The number of hydrogen-bond donors (Lipinski definition) is 2. The Hall–Kier alpha value is -1.10. The van der Waals surface area contributed by atoms with Crippen LogP contribution in [0.5, 0.6) is 0 Å². The molecule has 0 aliphatic carbocycles. The van der Waals surface area contributed by atoms with Gasteiger partial charge in [-0.1, -0.05) is 17.7 Å². The lowest BCUT2D eigenvalue weighted by Crippen LogP contribution is -2.40. The fourth-order valence-corrected chi connectivity index (χ4v) is 1.55. The van der Waals surface area contributed by atoms with E-state index in [-0.39, 0.29) is 18.6 Å². The molecule has 1 amide bonds. The molecular weight excluding hydrogens is 240 g/mol. The minimum atomic E-state index is -0.305. The number of rotatable bonds is 5. The van der Waals surface area contributed by atoms with Crippen molar-refractivity contribution in [2.24, 2.45) is 0 Å². The summed E-state index contributed by atoms with van der Waals surface area (Å²) in [7, 11) is 1.79. The third-order valence-electron chi connectivity index (χ3n) is 2.59. The average molecular weight is 257 g/mol. The number of aliphatic hydroxyl groups excluding tert-OH is 1. The summed E-state index contributed by atoms with van der Waals surface area (Å²) in [6.07, 6.45) is 0. The number of nitrogens with zero attached hydrogens (tertiary/aromatic N) is 1. The van der Waals surface area contributed by atoms with Crippen molar-refractivity contribution in [2.75, 3.05) is 25.5 Å². The molecule has 5 heteroatoms. The standard InChI is InChI=1S/C12H17ClN2O2/c1-9(15(2)6-7-16)12(17)14-11-5-3-4-10(13)8-11/h3-5,8-9,16H,6-7H2,1-2H3,(H,14,17). The summed E-state index contributed by atoms with van der Waals surface area (Å²) in [4.78, 5) is 13.6. The molecule has 4 nitrogen and oxygen atoms in total. The van der Waals surface area contributed by atoms with Crippen LogP contribution in [0.2, 0.25) is 5.02 Å². The molecule has 1 aromatic carbocycles. The normalized spacial score (nSPS) is 12.5. The monoisotopic (exact) mass is 256 g/mol. The van der Waals surface area contributed by atoms with E-state index in [1.807, 2.05) is 0 Å². The second-order valence-corrected chi connectivity index (χ2v) is 4.32. The first kappa shape index (κ1) is 14.0. The Morgan fingerprint density at radius 1 is 1.59 bits per heavy atom. The number of carbonyl (C=O) groups is 1. The Labute approximate surface area is 106 Å². The van der Waals surface area contributed by atoms with Gasteiger partial charge in [0.1, 0.15) is 0 Å². The van der Waals surface area contributed by atoms with E-state index < -0.39 is 0 Å². The molecule has 0 radical (unpaired) electrons. The van der Waals surface area contributed by atoms with Gasteiger partial charge in [0.05, 0.1) is 12.6 Å². The molecule has 0 spiro atoms. The maximum atomic E-state index is 11.9. The number of carbonyl (C=O) groups excluding carboxylic acids is 1. The van der Waals surface area contributed by atoms with Crippen molar-refractivity contribution in [3.8, 4) is 0 Å². The lowest BCUT2D eigenvalue weighted by Gasteiger charge is -2.22. The summed E-state index contributed by atoms with van der Waals surface area (Å²) < 4.78 is 0. The van der Waals surface area contributed by atoms with Crippen LogP contribution in [0.15, 0.2) is 24.3 Å². The van der Waals surface area contributed by atoms with Crippen LogP contribution in [-0.2, 0) is 4.79 Å². The van der Waals surface area contributed by atoms with Gasteiger partial charge in [0, 0.05) is 17.3 Å². The number of hydrogen-bond acceptors (Lipinski definition) is 3. The molecule has 17 heavy (non-hydrogen) atoms. The number of likely N-dealkylation sites (N-methyl/N-ethyl adjacent to an activating group) is 1. The third-order valence-corrected chi connectivity index (χ3v) is 2.82. The van der Waals surface area contributed by atoms with Crippen molar-refractivity contribution in [1.29, 1.82) is 0 Å². The van der Waals surface area contributed by atoms with Crippen molar-refractivity contribution in [3.05, 3.63) is 29.3 Å². The lowest BCUT2D eigenvalue weighted by molar-refractivity contribution is -0.120. The molecule has 2 N–H and O–H groups in total. The molecule has 1 unspecified atom stereocenters. The Morgan fingerprint density at radius 2 is 2.29 bits per heavy atom. The highest BCUT2D eigenvalue weighted by Crippen LogP contribution is 2.15. The molecule has 0 heterocycles. The van der Waals surface area contributed by atoms with E-state index in [0.717, 1.165) is 0 Å². The zero-order valence-corrected chi connectivity index (χ0v) is 10.7. The third kappa shape index (κ3) is 4.34. The maximum absolute atomic E-state index is 11.9. The minimum Gasteiger partial charge on any atom is -0.395 e. The Morgan fingerprint density at radius 3 is 2.88 bits per heavy atom. The Balaban J connectivity index is 2.60. The van der Waals surface area contributed by atoms with Crippen molar-refractivity contribution in [3.63, 3.8) is 0 Å². The van der Waals surface area contributed by atoms with Crippen LogP contribution >= 0.6 is 11.6 Å². The fraction of sp³-hybridized carbons (Fsp3) is 0.417. The minimum absolute atomic E-state index is 0.0330. The van der Waals surface area contributed by atoms with E-state index in [1.54, 1.807) is 43.1 Å². The first-order valence-electron chi connectivity index (χ1n) is 5.42. The first-order chi connectivity index (χ1) is 8.04. The summed E-state index contributed by atoms with van der Waals surface area (Å²) in [6, 6.07) is 6.69. The highest BCUT2D eigenvalue weighted by molar-refractivity contribution is 6.30. The van der Waals surface area contributed by atoms with Gasteiger partial charge < -0.3 is 10.4 Å². The number of benzene rings is 1. The topological polar surface area (TPSA) is 52.6 Å². The van der Waals surface area contributed by atoms with Gasteiger partial charge in [-0.15, -0.1) is 0 Å². The molecule has 0 aliphatic rings. The fourth-order valence-electron chi connectivity index (χ4n) is 1.36. The molecule has 0 aromatic heterocycles. The predicted molar refractivity (Wildman–Crippen MR) is 69.3 cm³/mol. The van der Waals surface area contributed by atoms with Gasteiger partial charge in [0.25, 0.3) is 0 Å². The van der Waals surface area contributed by atoms with Gasteiger partial charge in [0.15, 0.2) is 0 Å². The number of amides is 1. The molecule has 0 aliphatic heterocycles. The van der Waals surface area contributed by atoms with Crippen molar-refractivity contribution in [2.45, 2.75) is 13.0 Å². The van der Waals surface area contributed by atoms with Gasteiger partial charge >= 0.3 is 0 Å². The van der Waals surface area contributed by atoms with Gasteiger partial charge in [-0.2, -0.15) is 0 Å². The molecule has 1 rings (SSSR count). The molecule has 0 saturated carbocycles. The summed E-state index contributed by atoms with van der Waals surface area (Å²) in [5, 5.41) is 12.2. The van der Waals surface area contributed by atoms with Gasteiger partial charge in [0.2, 0.25) is 5.91 Å². The largest absolute Gasteiger partial charge is 0.395 e. The zero-order chi connectivity index (χ0) is 12.8. The summed E-state index contributed by atoms with van der Waals surface area (Å²) in [6.45, 7) is 2.28. The molecular formula is C12H17ClN2O2. The van der Waals surface area contributed by atoms with Crippen LogP contribution in [0.1, 0.15) is 6.92 Å². The highest BCUT2D eigenvalue weighted by Gasteiger charge is 2.17. The molecule has 1 aromatic rings. The van der Waals surface area contributed by atoms with E-state index in [0.29, 0.717) is 17.3 Å². The summed E-state index contributed by atoms with van der Waals surface area (Å²) in [5.74, 6) is -0.122. The van der Waals surface area contributed by atoms with E-state index in [1.165, 1.54) is 0 Å². The second-order valence-electron chi connectivity index (χ2n) is 3.88. The number of halogens is 1. The van der Waals surface area contributed by atoms with E-state index in [2.05, 4.69) is 5.32 Å². The second kappa shape index (κ2) is 6.59. The average Bonchev–Trinajstić information content (AvgIpc) is 2.28. The lowest BCUT2D eigenvalue weighted by atomic mass is 10.2. The Kier molecular flexibility index (Phi) is 5.41. The van der Waals surface area contributed by atoms with E-state index >= 15 is 0 Å². The highest BCUT2D eigenvalue weighted by atomic mass is 35.5. The van der Waals surface area contributed by atoms with Crippen molar-refractivity contribution < 1.29 is 9.90 Å². The summed E-state index contributed by atoms with van der Waals surface area (Å²) >= 11 is 5.83.